The number of anilines is 2. The molecule has 12 heteroatoms. The van der Waals surface area contributed by atoms with Crippen LogP contribution in [0.4, 0.5) is 11.4 Å². The van der Waals surface area contributed by atoms with Crippen LogP contribution in [0.15, 0.2) is 48.0 Å². The number of nitrogens with one attached hydrogen (secondary N) is 1. The van der Waals surface area contributed by atoms with Gasteiger partial charge in [0.05, 0.1) is 10.7 Å². The van der Waals surface area contributed by atoms with Gasteiger partial charge in [0.15, 0.2) is 18.4 Å². The number of ether oxygens (including phenoxy) is 2. The summed E-state index contributed by atoms with van der Waals surface area (Å²) >= 11 is 6.49. The molecule has 2 aromatic carbocycles. The third-order valence-electron chi connectivity index (χ3n) is 13.1. The SMILES string of the molecule is CC(=O)O[C@@H]1C(C)=C[C@@H]2[C@H](C(C)CN3CCN(c4cccc(C)c4C)CC3)CC[C@@H](C)[C@]2(O)[C@H]1OC(=O)[C@@H]1C[C@@]2(O)c3cccc(Cl)c3N(C)O[C@H]2N1. The van der Waals surface area contributed by atoms with Crippen LogP contribution in [0.2, 0.25) is 5.02 Å². The zero-order chi connectivity index (χ0) is 38.0. The van der Waals surface area contributed by atoms with Gasteiger partial charge >= 0.3 is 11.9 Å². The van der Waals surface area contributed by atoms with Crippen molar-refractivity contribution in [1.82, 2.24) is 10.2 Å². The molecule has 2 aromatic rings. The van der Waals surface area contributed by atoms with Crippen molar-refractivity contribution < 1.29 is 34.1 Å². The maximum Gasteiger partial charge on any atom is 0.323 e. The number of hydrogen-bond donors (Lipinski definition) is 3. The number of aliphatic hydroxyl groups is 2. The molecule has 5 aliphatic rings. The molecular formula is C41H55ClN4O7. The smallest absolute Gasteiger partial charge is 0.323 e. The molecule has 0 aromatic heterocycles. The van der Waals surface area contributed by atoms with Gasteiger partial charge < -0.3 is 24.6 Å². The zero-order valence-electron chi connectivity index (χ0n) is 32.0. The molecule has 3 heterocycles. The van der Waals surface area contributed by atoms with E-state index in [1.807, 2.05) is 13.8 Å². The van der Waals surface area contributed by atoms with Gasteiger partial charge in [-0.1, -0.05) is 55.8 Å². The number of fused-ring (bicyclic) bond motifs is 4. The van der Waals surface area contributed by atoms with E-state index in [1.165, 1.54) is 28.8 Å². The molecule has 7 rings (SSSR count). The number of benzene rings is 2. The molecule has 3 N–H and O–H groups in total. The molecule has 0 bridgehead atoms. The Morgan fingerprint density at radius 3 is 2.49 bits per heavy atom. The van der Waals surface area contributed by atoms with Crippen molar-refractivity contribution in [1.29, 1.82) is 0 Å². The van der Waals surface area contributed by atoms with Crippen molar-refractivity contribution in [3.8, 4) is 0 Å². The molecule has 3 aliphatic heterocycles. The number of halogens is 1. The molecule has 11 nitrogen and oxygen atoms in total. The van der Waals surface area contributed by atoms with E-state index in [4.69, 9.17) is 25.9 Å². The molecule has 1 saturated carbocycles. The lowest BCUT2D eigenvalue weighted by atomic mass is 9.55. The minimum absolute atomic E-state index is 0.0365. The second-order valence-corrected chi connectivity index (χ2v) is 16.7. The van der Waals surface area contributed by atoms with E-state index in [0.29, 0.717) is 16.3 Å². The largest absolute Gasteiger partial charge is 0.454 e. The predicted octanol–water partition coefficient (Wildman–Crippen LogP) is 4.87. The molecule has 2 saturated heterocycles. The fourth-order valence-electron chi connectivity index (χ4n) is 9.95. The highest BCUT2D eigenvalue weighted by Gasteiger charge is 2.62. The van der Waals surface area contributed by atoms with Crippen LogP contribution in [0, 0.1) is 37.5 Å². The Bertz CT molecular complexity index is 1770. The minimum atomic E-state index is -1.56. The highest BCUT2D eigenvalue weighted by Crippen LogP contribution is 2.53. The summed E-state index contributed by atoms with van der Waals surface area (Å²) in [5, 5.41) is 29.9. The lowest BCUT2D eigenvalue weighted by Gasteiger charge is -2.56. The first-order chi connectivity index (χ1) is 25.1. The van der Waals surface area contributed by atoms with Crippen LogP contribution in [-0.4, -0.2) is 96.9 Å². The normalized spacial score (nSPS) is 34.8. The van der Waals surface area contributed by atoms with Crippen LogP contribution >= 0.6 is 11.6 Å². The molecule has 288 valence electrons. The molecule has 0 radical (unpaired) electrons. The van der Waals surface area contributed by atoms with E-state index in [0.717, 1.165) is 51.1 Å². The van der Waals surface area contributed by atoms with E-state index < -0.39 is 47.6 Å². The number of hydrogen-bond acceptors (Lipinski definition) is 11. The van der Waals surface area contributed by atoms with Gasteiger partial charge in [0.2, 0.25) is 0 Å². The number of piperazine rings is 1. The van der Waals surface area contributed by atoms with Crippen LogP contribution in [0.3, 0.4) is 0 Å². The summed E-state index contributed by atoms with van der Waals surface area (Å²) < 4.78 is 12.2. The van der Waals surface area contributed by atoms with E-state index in [9.17, 15) is 19.8 Å². The van der Waals surface area contributed by atoms with Gasteiger partial charge in [0.1, 0.15) is 17.2 Å². The average Bonchev–Trinajstić information content (AvgIpc) is 3.46. The third kappa shape index (κ3) is 6.65. The highest BCUT2D eigenvalue weighted by atomic mass is 35.5. The highest BCUT2D eigenvalue weighted by molar-refractivity contribution is 6.33. The van der Waals surface area contributed by atoms with Gasteiger partial charge in [0, 0.05) is 70.3 Å². The maximum atomic E-state index is 14.2. The van der Waals surface area contributed by atoms with Gasteiger partial charge in [-0.25, -0.2) is 0 Å². The fourth-order valence-corrected chi connectivity index (χ4v) is 10.2. The summed E-state index contributed by atoms with van der Waals surface area (Å²) in [5.74, 6) is -1.39. The monoisotopic (exact) mass is 750 g/mol. The molecule has 53 heavy (non-hydrogen) atoms. The molecule has 0 amide bonds. The molecule has 3 fully saturated rings. The van der Waals surface area contributed by atoms with Crippen LogP contribution < -0.4 is 15.3 Å². The molecular weight excluding hydrogens is 696 g/mol. The Labute approximate surface area is 318 Å². The van der Waals surface area contributed by atoms with Crippen LogP contribution in [0.1, 0.15) is 63.6 Å². The summed E-state index contributed by atoms with van der Waals surface area (Å²) in [6, 6.07) is 10.8. The van der Waals surface area contributed by atoms with Gasteiger partial charge in [-0.3, -0.25) is 29.7 Å². The van der Waals surface area contributed by atoms with E-state index in [2.05, 4.69) is 60.2 Å². The van der Waals surface area contributed by atoms with E-state index in [1.54, 1.807) is 25.2 Å². The van der Waals surface area contributed by atoms with Gasteiger partial charge in [-0.05, 0) is 80.2 Å². The summed E-state index contributed by atoms with van der Waals surface area (Å²) in [6.45, 7) is 16.6. The Hall–Kier alpha value is -3.19. The second kappa shape index (κ2) is 14.5. The van der Waals surface area contributed by atoms with Crippen molar-refractivity contribution in [2.45, 2.75) is 96.5 Å². The number of esters is 2. The van der Waals surface area contributed by atoms with Gasteiger partial charge in [-0.2, -0.15) is 0 Å². The molecule has 1 unspecified atom stereocenters. The Balaban J connectivity index is 1.10. The predicted molar refractivity (Wildman–Crippen MR) is 203 cm³/mol. The summed E-state index contributed by atoms with van der Waals surface area (Å²) in [6.07, 6.45) is 0.647. The first kappa shape index (κ1) is 38.1. The Kier molecular flexibility index (Phi) is 10.4. The van der Waals surface area contributed by atoms with Crippen molar-refractivity contribution in [3.05, 3.63) is 69.8 Å². The minimum Gasteiger partial charge on any atom is -0.454 e. The fraction of sp³-hybridized carbons (Fsp3) is 0.610. The van der Waals surface area contributed by atoms with Crippen LogP contribution in [0.5, 0.6) is 0 Å². The summed E-state index contributed by atoms with van der Waals surface area (Å²) in [7, 11) is 1.70. The standard InChI is InChI=1S/C41H55ClN4O7/c1-23-10-8-13-34(27(23)5)46-18-16-45(17-19-46)22-25(3)29-15-14-26(4)41(50)31(29)20-24(2)36(51-28(6)47)37(41)52-38(48)33-21-40(49)30-11-9-12-32(42)35(30)44(7)53-39(40)43-33/h8-13,20,25-26,29,31,33,36-37,39,43,49-50H,14-19,21-22H2,1-7H3/t25?,26-,29+,31-,33+,36-,37+,39-,40-,41-/m1/s1. The van der Waals surface area contributed by atoms with Crippen LogP contribution in [0.25, 0.3) is 0 Å². The molecule has 0 spiro atoms. The number of carbonyl (C=O) groups excluding carboxylic acids is 2. The van der Waals surface area contributed by atoms with E-state index in [-0.39, 0.29) is 30.1 Å². The first-order valence-corrected chi connectivity index (χ1v) is 19.5. The quantitative estimate of drug-likeness (QED) is 0.266. The summed E-state index contributed by atoms with van der Waals surface area (Å²) in [5.41, 5.74) is 2.73. The van der Waals surface area contributed by atoms with Crippen molar-refractivity contribution in [2.24, 2.45) is 23.7 Å². The third-order valence-corrected chi connectivity index (χ3v) is 13.4. The van der Waals surface area contributed by atoms with Crippen LogP contribution in [-0.2, 0) is 29.5 Å². The number of hydroxylamine groups is 1. The summed E-state index contributed by atoms with van der Waals surface area (Å²) in [4.78, 5) is 37.7. The second-order valence-electron chi connectivity index (χ2n) is 16.3. The maximum absolute atomic E-state index is 14.2. The number of rotatable bonds is 7. The van der Waals surface area contributed by atoms with Gasteiger partial charge in [0.25, 0.3) is 0 Å². The molecule has 2 aliphatic carbocycles. The lowest BCUT2D eigenvalue weighted by Crippen LogP contribution is -2.66. The van der Waals surface area contributed by atoms with Crippen molar-refractivity contribution in [2.75, 3.05) is 49.7 Å². The number of para-hydroxylation sites is 1. The van der Waals surface area contributed by atoms with Gasteiger partial charge in [-0.15, -0.1) is 0 Å². The molecule has 10 atom stereocenters. The Morgan fingerprint density at radius 1 is 1.06 bits per heavy atom. The van der Waals surface area contributed by atoms with Crippen molar-refractivity contribution in [3.63, 3.8) is 0 Å². The number of carbonyl (C=O) groups is 2. The zero-order valence-corrected chi connectivity index (χ0v) is 32.7. The topological polar surface area (TPSA) is 124 Å². The number of nitrogens with zero attached hydrogens (tertiary/aromatic N) is 3. The van der Waals surface area contributed by atoms with Crippen molar-refractivity contribution >= 4 is 34.9 Å². The number of aryl methyl sites for hydroxylation is 1. The first-order valence-electron chi connectivity index (χ1n) is 19.1. The average molecular weight is 751 g/mol. The lowest BCUT2D eigenvalue weighted by molar-refractivity contribution is -0.225. The Morgan fingerprint density at radius 2 is 1.77 bits per heavy atom. The van der Waals surface area contributed by atoms with E-state index >= 15 is 0 Å².